The SMILES string of the molecule is C=NCCOCCOCCOCCNS(=O)(=O)c1cccc(C2CN(CC)Cc3c(Cl)cc(Cl)cc32)c1. The number of ether oxygens (including phenoxy) is 3. The standard InChI is InChI=1S/C26H35Cl2N3O5S/c1-3-31-18-24(23-16-21(27)17-26(28)25(23)19-31)20-5-4-6-22(15-20)37(32,33)30-8-10-35-12-14-36-13-11-34-9-7-29-2/h4-6,15-17,24,30H,2-3,7-14,18-19H2,1H3. The third-order valence-electron chi connectivity index (χ3n) is 6.09. The highest BCUT2D eigenvalue weighted by Gasteiger charge is 2.29. The first-order valence-electron chi connectivity index (χ1n) is 12.3. The van der Waals surface area contributed by atoms with E-state index in [9.17, 15) is 8.42 Å². The van der Waals surface area contributed by atoms with Crippen molar-refractivity contribution in [1.82, 2.24) is 9.62 Å². The second kappa shape index (κ2) is 15.1. The molecule has 0 aliphatic carbocycles. The van der Waals surface area contributed by atoms with E-state index in [-0.39, 0.29) is 24.0 Å². The first-order valence-corrected chi connectivity index (χ1v) is 14.5. The lowest BCUT2D eigenvalue weighted by Crippen LogP contribution is -2.34. The zero-order valence-corrected chi connectivity index (χ0v) is 23.5. The monoisotopic (exact) mass is 571 g/mol. The van der Waals surface area contributed by atoms with Crippen molar-refractivity contribution in [2.24, 2.45) is 4.99 Å². The molecule has 1 aliphatic heterocycles. The molecular formula is C26H35Cl2N3O5S. The van der Waals surface area contributed by atoms with Gasteiger partial charge in [0.05, 0.1) is 51.1 Å². The molecule has 0 amide bonds. The lowest BCUT2D eigenvalue weighted by Gasteiger charge is -2.35. The molecule has 0 aromatic heterocycles. The van der Waals surface area contributed by atoms with Crippen molar-refractivity contribution in [1.29, 1.82) is 0 Å². The van der Waals surface area contributed by atoms with Crippen LogP contribution in [-0.4, -0.2) is 85.9 Å². The summed E-state index contributed by atoms with van der Waals surface area (Å²) in [6, 6.07) is 10.7. The van der Waals surface area contributed by atoms with Gasteiger partial charge in [0.15, 0.2) is 0 Å². The van der Waals surface area contributed by atoms with Crippen LogP contribution in [0.3, 0.4) is 0 Å². The average Bonchev–Trinajstić information content (AvgIpc) is 2.89. The normalized spacial score (nSPS) is 16.0. The number of nitrogens with zero attached hydrogens (tertiary/aromatic N) is 2. The second-order valence-corrected chi connectivity index (χ2v) is 11.2. The van der Waals surface area contributed by atoms with Gasteiger partial charge in [-0.2, -0.15) is 0 Å². The van der Waals surface area contributed by atoms with Crippen LogP contribution in [0.5, 0.6) is 0 Å². The molecule has 1 unspecified atom stereocenters. The smallest absolute Gasteiger partial charge is 0.240 e. The van der Waals surface area contributed by atoms with Crippen molar-refractivity contribution < 1.29 is 22.6 Å². The third-order valence-corrected chi connectivity index (χ3v) is 8.10. The molecule has 0 spiro atoms. The fourth-order valence-electron chi connectivity index (χ4n) is 4.17. The number of likely N-dealkylation sites (N-methyl/N-ethyl adjacent to an activating group) is 1. The third kappa shape index (κ3) is 9.01. The van der Waals surface area contributed by atoms with Gasteiger partial charge in [-0.3, -0.25) is 9.89 Å². The Labute approximate surface area is 230 Å². The molecule has 0 bridgehead atoms. The predicted molar refractivity (Wildman–Crippen MR) is 148 cm³/mol. The van der Waals surface area contributed by atoms with Gasteiger partial charge in [-0.05, 0) is 54.2 Å². The number of hydrogen-bond donors (Lipinski definition) is 1. The van der Waals surface area contributed by atoms with Crippen LogP contribution in [0.15, 0.2) is 46.3 Å². The summed E-state index contributed by atoms with van der Waals surface area (Å²) in [7, 11) is -3.70. The van der Waals surface area contributed by atoms with Crippen LogP contribution in [0.25, 0.3) is 0 Å². The lowest BCUT2D eigenvalue weighted by atomic mass is 9.84. The molecular weight excluding hydrogens is 537 g/mol. The molecule has 11 heteroatoms. The summed E-state index contributed by atoms with van der Waals surface area (Å²) in [5.74, 6) is -0.0394. The van der Waals surface area contributed by atoms with E-state index in [1.165, 1.54) is 0 Å². The van der Waals surface area contributed by atoms with Crippen molar-refractivity contribution in [3.05, 3.63) is 63.1 Å². The van der Waals surface area contributed by atoms with E-state index in [1.54, 1.807) is 24.3 Å². The zero-order valence-electron chi connectivity index (χ0n) is 21.1. The molecule has 2 aromatic rings. The van der Waals surface area contributed by atoms with Crippen LogP contribution >= 0.6 is 23.2 Å². The summed E-state index contributed by atoms with van der Waals surface area (Å²) in [5.41, 5.74) is 2.98. The number of halogens is 2. The van der Waals surface area contributed by atoms with Crippen molar-refractivity contribution in [3.63, 3.8) is 0 Å². The molecule has 0 radical (unpaired) electrons. The Bertz CT molecular complexity index is 1130. The van der Waals surface area contributed by atoms with E-state index >= 15 is 0 Å². The minimum Gasteiger partial charge on any atom is -0.378 e. The Kier molecular flexibility index (Phi) is 12.3. The Balaban J connectivity index is 1.53. The van der Waals surface area contributed by atoms with E-state index in [2.05, 4.69) is 28.3 Å². The van der Waals surface area contributed by atoms with Crippen LogP contribution in [0, 0.1) is 0 Å². The van der Waals surface area contributed by atoms with E-state index in [0.29, 0.717) is 49.6 Å². The van der Waals surface area contributed by atoms with Gasteiger partial charge in [0.2, 0.25) is 10.0 Å². The first-order chi connectivity index (χ1) is 17.9. The maximum Gasteiger partial charge on any atom is 0.240 e. The van der Waals surface area contributed by atoms with Gasteiger partial charge >= 0.3 is 0 Å². The van der Waals surface area contributed by atoms with Crippen molar-refractivity contribution >= 4 is 39.9 Å². The van der Waals surface area contributed by atoms with Crippen LogP contribution in [0.2, 0.25) is 10.0 Å². The van der Waals surface area contributed by atoms with Crippen LogP contribution in [-0.2, 0) is 30.8 Å². The highest BCUT2D eigenvalue weighted by molar-refractivity contribution is 7.89. The Hall–Kier alpha value is -1.56. The number of hydrogen-bond acceptors (Lipinski definition) is 7. The molecule has 2 aromatic carbocycles. The summed E-state index contributed by atoms with van der Waals surface area (Å²) in [5, 5.41) is 1.21. The number of benzene rings is 2. The van der Waals surface area contributed by atoms with Crippen molar-refractivity contribution in [2.75, 3.05) is 65.8 Å². The Morgan fingerprint density at radius 1 is 1.05 bits per heavy atom. The second-order valence-electron chi connectivity index (χ2n) is 8.59. The average molecular weight is 573 g/mol. The van der Waals surface area contributed by atoms with Gasteiger partial charge < -0.3 is 14.2 Å². The quantitative estimate of drug-likeness (QED) is 0.242. The largest absolute Gasteiger partial charge is 0.378 e. The fraction of sp³-hybridized carbons (Fsp3) is 0.500. The van der Waals surface area contributed by atoms with Gasteiger partial charge in [-0.25, -0.2) is 13.1 Å². The van der Waals surface area contributed by atoms with Crippen LogP contribution in [0.4, 0.5) is 0 Å². The van der Waals surface area contributed by atoms with E-state index in [0.717, 1.165) is 36.3 Å². The summed E-state index contributed by atoms with van der Waals surface area (Å²) in [6.07, 6.45) is 0. The molecule has 0 saturated carbocycles. The molecule has 3 rings (SSSR count). The highest BCUT2D eigenvalue weighted by atomic mass is 35.5. The summed E-state index contributed by atoms with van der Waals surface area (Å²) < 4.78 is 44.7. The topological polar surface area (TPSA) is 89.5 Å². The number of rotatable bonds is 16. The Morgan fingerprint density at radius 2 is 1.76 bits per heavy atom. The van der Waals surface area contributed by atoms with E-state index < -0.39 is 10.0 Å². The van der Waals surface area contributed by atoms with Crippen LogP contribution in [0.1, 0.15) is 29.5 Å². The molecule has 1 heterocycles. The number of nitrogens with one attached hydrogen (secondary N) is 1. The summed E-state index contributed by atoms with van der Waals surface area (Å²) in [6.45, 7) is 11.1. The molecule has 37 heavy (non-hydrogen) atoms. The minimum atomic E-state index is -3.70. The van der Waals surface area contributed by atoms with Crippen molar-refractivity contribution in [2.45, 2.75) is 24.3 Å². The van der Waals surface area contributed by atoms with Crippen LogP contribution < -0.4 is 4.72 Å². The molecule has 8 nitrogen and oxygen atoms in total. The molecule has 0 saturated heterocycles. The lowest BCUT2D eigenvalue weighted by molar-refractivity contribution is 0.0172. The number of aliphatic imine (C=N–C) groups is 1. The van der Waals surface area contributed by atoms with Crippen molar-refractivity contribution in [3.8, 4) is 0 Å². The van der Waals surface area contributed by atoms with E-state index in [1.807, 2.05) is 12.1 Å². The Morgan fingerprint density at radius 3 is 2.46 bits per heavy atom. The first kappa shape index (κ1) is 30.0. The minimum absolute atomic E-state index is 0.0394. The summed E-state index contributed by atoms with van der Waals surface area (Å²) >= 11 is 12.8. The van der Waals surface area contributed by atoms with E-state index in [4.69, 9.17) is 37.4 Å². The van der Waals surface area contributed by atoms with Gasteiger partial charge in [0.1, 0.15) is 0 Å². The molecule has 1 atom stereocenters. The number of sulfonamides is 1. The molecule has 204 valence electrons. The molecule has 0 fully saturated rings. The van der Waals surface area contributed by atoms with Gasteiger partial charge in [-0.15, -0.1) is 0 Å². The molecule has 1 N–H and O–H groups in total. The summed E-state index contributed by atoms with van der Waals surface area (Å²) in [4.78, 5) is 6.20. The van der Waals surface area contributed by atoms with Gasteiger partial charge in [-0.1, -0.05) is 42.3 Å². The predicted octanol–water partition coefficient (Wildman–Crippen LogP) is 3.99. The van der Waals surface area contributed by atoms with Gasteiger partial charge in [0, 0.05) is 35.6 Å². The van der Waals surface area contributed by atoms with Gasteiger partial charge in [0.25, 0.3) is 0 Å². The molecule has 1 aliphatic rings. The zero-order chi connectivity index (χ0) is 26.7. The number of fused-ring (bicyclic) bond motifs is 1. The highest BCUT2D eigenvalue weighted by Crippen LogP contribution is 2.39. The maximum absolute atomic E-state index is 13.0. The maximum atomic E-state index is 13.0. The fourth-order valence-corrected chi connectivity index (χ4v) is 5.81.